The Morgan fingerprint density at radius 3 is 2.73 bits per heavy atom. The summed E-state index contributed by atoms with van der Waals surface area (Å²) in [4.78, 5) is 17.1. The summed E-state index contributed by atoms with van der Waals surface area (Å²) in [5, 5.41) is -0.810. The first-order valence-corrected chi connectivity index (χ1v) is 9.78. The van der Waals surface area contributed by atoms with Gasteiger partial charge in [0, 0.05) is 26.3 Å². The Labute approximate surface area is 129 Å². The molecule has 1 fully saturated rings. The van der Waals surface area contributed by atoms with Gasteiger partial charge in [-0.2, -0.15) is 0 Å². The van der Waals surface area contributed by atoms with Gasteiger partial charge in [-0.1, -0.05) is 0 Å². The van der Waals surface area contributed by atoms with Crippen LogP contribution in [0.25, 0.3) is 0 Å². The highest BCUT2D eigenvalue weighted by Crippen LogP contribution is 2.12. The molecule has 1 amide bonds. The van der Waals surface area contributed by atoms with Gasteiger partial charge >= 0.3 is 0 Å². The van der Waals surface area contributed by atoms with Crippen molar-refractivity contribution in [1.29, 1.82) is 0 Å². The van der Waals surface area contributed by atoms with Gasteiger partial charge in [0.1, 0.15) is 0 Å². The summed E-state index contributed by atoms with van der Waals surface area (Å²) >= 11 is 0. The third-order valence-corrected chi connectivity index (χ3v) is 6.87. The molecule has 1 atom stereocenters. The molecule has 1 N–H and O–H groups in total. The molecule has 2 heterocycles. The molecule has 1 aromatic rings. The average Bonchev–Trinajstić information content (AvgIpc) is 2.87. The molecule has 0 spiro atoms. The lowest BCUT2D eigenvalue weighted by atomic mass is 10.3. The number of nitrogens with one attached hydrogen (secondary N) is 1. The molecule has 124 valence electrons. The van der Waals surface area contributed by atoms with E-state index in [-0.39, 0.29) is 23.9 Å². The molecule has 11 heteroatoms. The molecule has 0 aromatic carbocycles. The predicted molar refractivity (Wildman–Crippen MR) is 78.2 cm³/mol. The van der Waals surface area contributed by atoms with Crippen molar-refractivity contribution >= 4 is 25.8 Å². The number of aryl methyl sites for hydroxylation is 1. The zero-order valence-corrected chi connectivity index (χ0v) is 13.9. The Balaban J connectivity index is 1.96. The van der Waals surface area contributed by atoms with Crippen molar-refractivity contribution in [3.8, 4) is 0 Å². The van der Waals surface area contributed by atoms with Crippen LogP contribution in [0.4, 0.5) is 0 Å². The summed E-state index contributed by atoms with van der Waals surface area (Å²) in [6, 6.07) is 0. The monoisotopic (exact) mass is 350 g/mol. The quantitative estimate of drug-likeness (QED) is 0.695. The third-order valence-electron chi connectivity index (χ3n) is 3.46. The van der Waals surface area contributed by atoms with Crippen LogP contribution in [-0.2, 0) is 31.7 Å². The number of aromatic nitrogens is 2. The van der Waals surface area contributed by atoms with Crippen LogP contribution >= 0.6 is 0 Å². The molecular formula is C11H18N4O5S2. The molecular weight excluding hydrogens is 332 g/mol. The number of carbonyl (C=O) groups excluding carboxylic acids is 1. The van der Waals surface area contributed by atoms with Crippen molar-refractivity contribution < 1.29 is 21.6 Å². The topological polar surface area (TPSA) is 118 Å². The standard InChI is InChI=1S/C11H18N4O5S2/c1-9-6-15(3-4-21(9,17)18)11(16)5-13-22(19,20)10-7-14(2)8-12-10/h7-9,13H,3-6H2,1-2H3. The van der Waals surface area contributed by atoms with E-state index in [9.17, 15) is 21.6 Å². The van der Waals surface area contributed by atoms with Crippen LogP contribution in [0.5, 0.6) is 0 Å². The van der Waals surface area contributed by atoms with Gasteiger partial charge in [-0.3, -0.25) is 4.79 Å². The number of sulfonamides is 1. The van der Waals surface area contributed by atoms with Gasteiger partial charge < -0.3 is 9.47 Å². The molecule has 9 nitrogen and oxygen atoms in total. The van der Waals surface area contributed by atoms with Crippen LogP contribution in [0.1, 0.15) is 6.92 Å². The average molecular weight is 350 g/mol. The number of nitrogens with zero attached hydrogens (tertiary/aromatic N) is 3. The van der Waals surface area contributed by atoms with Crippen molar-refractivity contribution in [2.45, 2.75) is 17.2 Å². The highest BCUT2D eigenvalue weighted by Gasteiger charge is 2.32. The van der Waals surface area contributed by atoms with E-state index in [4.69, 9.17) is 0 Å². The summed E-state index contributed by atoms with van der Waals surface area (Å²) in [6.45, 7) is 1.27. The van der Waals surface area contributed by atoms with Gasteiger partial charge in [0.05, 0.1) is 23.9 Å². The summed E-state index contributed by atoms with van der Waals surface area (Å²) in [5.41, 5.74) is 0. The van der Waals surface area contributed by atoms with Crippen molar-refractivity contribution in [1.82, 2.24) is 19.2 Å². The molecule has 0 aliphatic carbocycles. The van der Waals surface area contributed by atoms with Crippen molar-refractivity contribution in [3.63, 3.8) is 0 Å². The van der Waals surface area contributed by atoms with E-state index >= 15 is 0 Å². The third kappa shape index (κ3) is 3.65. The van der Waals surface area contributed by atoms with E-state index in [1.807, 2.05) is 0 Å². The molecule has 22 heavy (non-hydrogen) atoms. The minimum atomic E-state index is -3.86. The summed E-state index contributed by atoms with van der Waals surface area (Å²) in [7, 11) is -5.38. The second-order valence-corrected chi connectivity index (χ2v) is 9.47. The maximum Gasteiger partial charge on any atom is 0.260 e. The highest BCUT2D eigenvalue weighted by molar-refractivity contribution is 7.92. The van der Waals surface area contributed by atoms with Crippen LogP contribution in [0, 0.1) is 0 Å². The maximum absolute atomic E-state index is 12.0. The number of rotatable bonds is 4. The minimum Gasteiger partial charge on any atom is -0.339 e. The van der Waals surface area contributed by atoms with E-state index in [2.05, 4.69) is 9.71 Å². The summed E-state index contributed by atoms with van der Waals surface area (Å²) in [6.07, 6.45) is 2.66. The van der Waals surface area contributed by atoms with Crippen LogP contribution in [0.2, 0.25) is 0 Å². The second-order valence-electron chi connectivity index (χ2n) is 5.22. The van der Waals surface area contributed by atoms with Crippen LogP contribution in [0.15, 0.2) is 17.6 Å². The number of amides is 1. The smallest absolute Gasteiger partial charge is 0.260 e. The lowest BCUT2D eigenvalue weighted by Gasteiger charge is -2.30. The van der Waals surface area contributed by atoms with Gasteiger partial charge in [-0.25, -0.2) is 26.5 Å². The van der Waals surface area contributed by atoms with Crippen molar-refractivity contribution in [2.75, 3.05) is 25.4 Å². The second kappa shape index (κ2) is 5.97. The van der Waals surface area contributed by atoms with Crippen molar-refractivity contribution in [2.24, 2.45) is 7.05 Å². The Hall–Kier alpha value is -1.46. The molecule has 2 rings (SSSR count). The SMILES string of the molecule is CC1CN(C(=O)CNS(=O)(=O)c2cn(C)cn2)CCS1(=O)=O. The van der Waals surface area contributed by atoms with E-state index in [1.165, 1.54) is 28.9 Å². The van der Waals surface area contributed by atoms with Crippen molar-refractivity contribution in [3.05, 3.63) is 12.5 Å². The Kier molecular flexibility index (Phi) is 4.59. The molecule has 0 bridgehead atoms. The fourth-order valence-electron chi connectivity index (χ4n) is 2.05. The zero-order chi connectivity index (χ0) is 16.5. The molecule has 1 saturated heterocycles. The molecule has 0 saturated carbocycles. The number of hydrogen-bond acceptors (Lipinski definition) is 6. The van der Waals surface area contributed by atoms with E-state index in [1.54, 1.807) is 7.05 Å². The highest BCUT2D eigenvalue weighted by atomic mass is 32.2. The van der Waals surface area contributed by atoms with Gasteiger partial charge in [0.15, 0.2) is 14.9 Å². The fraction of sp³-hybridized carbons (Fsp3) is 0.636. The summed E-state index contributed by atoms with van der Waals surface area (Å²) < 4.78 is 50.7. The van der Waals surface area contributed by atoms with E-state index in [0.717, 1.165) is 0 Å². The maximum atomic E-state index is 12.0. The number of hydrogen-bond donors (Lipinski definition) is 1. The Bertz CT molecular complexity index is 768. The largest absolute Gasteiger partial charge is 0.339 e. The molecule has 1 unspecified atom stereocenters. The summed E-state index contributed by atoms with van der Waals surface area (Å²) in [5.74, 6) is -0.561. The lowest BCUT2D eigenvalue weighted by Crippen LogP contribution is -2.50. The molecule has 0 radical (unpaired) electrons. The van der Waals surface area contributed by atoms with Crippen LogP contribution in [0.3, 0.4) is 0 Å². The number of imidazole rings is 1. The predicted octanol–water partition coefficient (Wildman–Crippen LogP) is -1.66. The molecule has 1 aliphatic heterocycles. The van der Waals surface area contributed by atoms with E-state index < -0.39 is 37.6 Å². The number of sulfone groups is 1. The molecule has 1 aliphatic rings. The Morgan fingerprint density at radius 2 is 2.18 bits per heavy atom. The minimum absolute atomic E-state index is 0.0759. The van der Waals surface area contributed by atoms with Gasteiger partial charge in [-0.15, -0.1) is 0 Å². The normalized spacial score (nSPS) is 21.7. The first-order valence-electron chi connectivity index (χ1n) is 6.59. The van der Waals surface area contributed by atoms with Gasteiger partial charge in [-0.05, 0) is 6.92 Å². The first-order chi connectivity index (χ1) is 10.1. The lowest BCUT2D eigenvalue weighted by molar-refractivity contribution is -0.129. The van der Waals surface area contributed by atoms with E-state index in [0.29, 0.717) is 0 Å². The van der Waals surface area contributed by atoms with Crippen LogP contribution in [-0.4, -0.2) is 67.8 Å². The van der Waals surface area contributed by atoms with Crippen LogP contribution < -0.4 is 4.72 Å². The molecule has 1 aromatic heterocycles. The zero-order valence-electron chi connectivity index (χ0n) is 12.3. The Morgan fingerprint density at radius 1 is 1.50 bits per heavy atom. The fourth-order valence-corrected chi connectivity index (χ4v) is 4.29. The first kappa shape index (κ1) is 16.9. The van der Waals surface area contributed by atoms with Gasteiger partial charge in [0.2, 0.25) is 5.91 Å². The number of carbonyl (C=O) groups is 1. The van der Waals surface area contributed by atoms with Gasteiger partial charge in [0.25, 0.3) is 10.0 Å².